The van der Waals surface area contributed by atoms with E-state index in [-0.39, 0.29) is 6.10 Å². The summed E-state index contributed by atoms with van der Waals surface area (Å²) in [4.78, 5) is 11.6. The van der Waals surface area contributed by atoms with Gasteiger partial charge in [0, 0.05) is 14.2 Å². The van der Waals surface area contributed by atoms with E-state index >= 15 is 0 Å². The van der Waals surface area contributed by atoms with Gasteiger partial charge in [-0.05, 0) is 13.8 Å². The summed E-state index contributed by atoms with van der Waals surface area (Å²) in [5.74, 6) is 0. The number of rotatable bonds is 5. The predicted molar refractivity (Wildman–Crippen MR) is 47.7 cm³/mol. The third-order valence-corrected chi connectivity index (χ3v) is 1.82. The van der Waals surface area contributed by atoms with Crippen molar-refractivity contribution < 1.29 is 19.4 Å². The summed E-state index contributed by atoms with van der Waals surface area (Å²) >= 11 is 0. The zero-order chi connectivity index (χ0) is 10.4. The van der Waals surface area contributed by atoms with Crippen molar-refractivity contribution in [2.75, 3.05) is 20.8 Å². The molecule has 0 heterocycles. The molecule has 0 fully saturated rings. The maximum atomic E-state index is 10.5. The molecule has 0 saturated heterocycles. The molecule has 0 radical (unpaired) electrons. The van der Waals surface area contributed by atoms with E-state index in [0.29, 0.717) is 6.61 Å². The first kappa shape index (κ1) is 12.2. The van der Waals surface area contributed by atoms with Gasteiger partial charge < -0.3 is 14.6 Å². The van der Waals surface area contributed by atoms with Gasteiger partial charge in [-0.3, -0.25) is 4.90 Å². The smallest absolute Gasteiger partial charge is 0.409 e. The monoisotopic (exact) mass is 191 g/mol. The van der Waals surface area contributed by atoms with Gasteiger partial charge in [0.2, 0.25) is 0 Å². The molecule has 78 valence electrons. The molecule has 0 aliphatic carbocycles. The minimum atomic E-state index is -1.00. The Kier molecular flexibility index (Phi) is 5.41. The fourth-order valence-electron chi connectivity index (χ4n) is 0.610. The van der Waals surface area contributed by atoms with Gasteiger partial charge in [0.25, 0.3) is 0 Å². The summed E-state index contributed by atoms with van der Waals surface area (Å²) in [6, 6.07) is 0. The van der Waals surface area contributed by atoms with E-state index in [1.165, 1.54) is 7.05 Å². The molecule has 1 amide bonds. The van der Waals surface area contributed by atoms with Crippen LogP contribution in [0.4, 0.5) is 4.79 Å². The van der Waals surface area contributed by atoms with E-state index in [9.17, 15) is 4.79 Å². The minimum absolute atomic E-state index is 0.0235. The molecule has 2 atom stereocenters. The number of nitrogens with zero attached hydrogens (tertiary/aromatic N) is 1. The molecular formula is C8H17NO4. The first-order chi connectivity index (χ1) is 5.99. The van der Waals surface area contributed by atoms with Crippen molar-refractivity contribution in [3.63, 3.8) is 0 Å². The van der Waals surface area contributed by atoms with Crippen molar-refractivity contribution in [1.82, 2.24) is 4.90 Å². The van der Waals surface area contributed by atoms with Gasteiger partial charge in [-0.1, -0.05) is 0 Å². The van der Waals surface area contributed by atoms with Gasteiger partial charge in [0.05, 0.1) is 12.7 Å². The van der Waals surface area contributed by atoms with Crippen molar-refractivity contribution in [3.05, 3.63) is 0 Å². The van der Waals surface area contributed by atoms with Gasteiger partial charge in [0.15, 0.2) is 0 Å². The third kappa shape index (κ3) is 4.69. The van der Waals surface area contributed by atoms with Crippen molar-refractivity contribution in [3.8, 4) is 0 Å². The standard InChI is InChI=1S/C8H17NO4/c1-6(12-4)5-13-7(2)9(3)8(10)11/h6-7H,5H2,1-4H3,(H,10,11). The number of carbonyl (C=O) groups is 1. The van der Waals surface area contributed by atoms with Crippen LogP contribution >= 0.6 is 0 Å². The number of methoxy groups -OCH3 is 1. The van der Waals surface area contributed by atoms with Crippen LogP contribution in [0.15, 0.2) is 0 Å². The molecular weight excluding hydrogens is 174 g/mol. The predicted octanol–water partition coefficient (Wildman–Crippen LogP) is 0.994. The Balaban J connectivity index is 3.73. The Bertz CT molecular complexity index is 162. The summed E-state index contributed by atoms with van der Waals surface area (Å²) < 4.78 is 10.2. The number of hydrogen-bond acceptors (Lipinski definition) is 3. The lowest BCUT2D eigenvalue weighted by Crippen LogP contribution is -2.37. The number of ether oxygens (including phenoxy) is 2. The first-order valence-electron chi connectivity index (χ1n) is 4.09. The van der Waals surface area contributed by atoms with Crippen LogP contribution in [0.1, 0.15) is 13.8 Å². The molecule has 0 rings (SSSR count). The van der Waals surface area contributed by atoms with Crippen LogP contribution in [0.25, 0.3) is 0 Å². The highest BCUT2D eigenvalue weighted by atomic mass is 16.5. The lowest BCUT2D eigenvalue weighted by Gasteiger charge is -2.23. The molecule has 13 heavy (non-hydrogen) atoms. The Morgan fingerprint density at radius 3 is 2.46 bits per heavy atom. The van der Waals surface area contributed by atoms with Crippen molar-refractivity contribution in [2.24, 2.45) is 0 Å². The Labute approximate surface area is 78.2 Å². The molecule has 0 aromatic heterocycles. The van der Waals surface area contributed by atoms with Crippen molar-refractivity contribution in [1.29, 1.82) is 0 Å². The van der Waals surface area contributed by atoms with Gasteiger partial charge in [-0.25, -0.2) is 4.79 Å². The van der Waals surface area contributed by atoms with E-state index in [2.05, 4.69) is 0 Å². The van der Waals surface area contributed by atoms with Crippen LogP contribution in [0, 0.1) is 0 Å². The highest BCUT2D eigenvalue weighted by Crippen LogP contribution is 2.00. The Morgan fingerprint density at radius 1 is 1.54 bits per heavy atom. The molecule has 0 saturated carbocycles. The van der Waals surface area contributed by atoms with Crippen LogP contribution in [-0.4, -0.2) is 49.2 Å². The lowest BCUT2D eigenvalue weighted by molar-refractivity contribution is -0.0639. The summed E-state index contributed by atoms with van der Waals surface area (Å²) in [5, 5.41) is 8.59. The maximum Gasteiger partial charge on any atom is 0.409 e. The Hall–Kier alpha value is -0.810. The SMILES string of the molecule is COC(C)COC(C)N(C)C(=O)O. The van der Waals surface area contributed by atoms with Gasteiger partial charge in [0.1, 0.15) is 6.23 Å². The van der Waals surface area contributed by atoms with Crippen molar-refractivity contribution in [2.45, 2.75) is 26.2 Å². The second kappa shape index (κ2) is 5.77. The Morgan fingerprint density at radius 2 is 2.08 bits per heavy atom. The average molecular weight is 191 g/mol. The van der Waals surface area contributed by atoms with Crippen LogP contribution in [-0.2, 0) is 9.47 Å². The summed E-state index contributed by atoms with van der Waals surface area (Å²) in [6.07, 6.45) is -1.47. The molecule has 0 spiro atoms. The normalized spacial score (nSPS) is 15.1. The number of hydrogen-bond donors (Lipinski definition) is 1. The van der Waals surface area contributed by atoms with Gasteiger partial charge >= 0.3 is 6.09 Å². The molecule has 0 aliphatic heterocycles. The third-order valence-electron chi connectivity index (χ3n) is 1.82. The quantitative estimate of drug-likeness (QED) is 0.658. The molecule has 5 heteroatoms. The fourth-order valence-corrected chi connectivity index (χ4v) is 0.610. The van der Waals surface area contributed by atoms with E-state index in [0.717, 1.165) is 4.90 Å². The van der Waals surface area contributed by atoms with E-state index in [1.54, 1.807) is 14.0 Å². The van der Waals surface area contributed by atoms with Crippen LogP contribution < -0.4 is 0 Å². The summed E-state index contributed by atoms with van der Waals surface area (Å²) in [7, 11) is 3.05. The zero-order valence-corrected chi connectivity index (χ0v) is 8.48. The molecule has 0 aliphatic rings. The largest absolute Gasteiger partial charge is 0.465 e. The van der Waals surface area contributed by atoms with E-state index in [1.807, 2.05) is 6.92 Å². The topological polar surface area (TPSA) is 59.0 Å². The van der Waals surface area contributed by atoms with Crippen LogP contribution in [0.2, 0.25) is 0 Å². The highest BCUT2D eigenvalue weighted by Gasteiger charge is 2.15. The summed E-state index contributed by atoms with van der Waals surface area (Å²) in [6.45, 7) is 3.92. The van der Waals surface area contributed by atoms with E-state index in [4.69, 9.17) is 14.6 Å². The molecule has 1 N–H and O–H groups in total. The van der Waals surface area contributed by atoms with Crippen molar-refractivity contribution >= 4 is 6.09 Å². The van der Waals surface area contributed by atoms with Crippen LogP contribution in [0.3, 0.4) is 0 Å². The average Bonchev–Trinajstić information content (AvgIpc) is 2.11. The van der Waals surface area contributed by atoms with E-state index < -0.39 is 12.3 Å². The molecule has 0 aromatic carbocycles. The molecule has 0 aromatic rings. The maximum absolute atomic E-state index is 10.5. The fraction of sp³-hybridized carbons (Fsp3) is 0.875. The van der Waals surface area contributed by atoms with Gasteiger partial charge in [-0.2, -0.15) is 0 Å². The number of amides is 1. The molecule has 2 unspecified atom stereocenters. The highest BCUT2D eigenvalue weighted by molar-refractivity contribution is 5.64. The number of carboxylic acid groups (broad SMARTS) is 1. The van der Waals surface area contributed by atoms with Crippen LogP contribution in [0.5, 0.6) is 0 Å². The lowest BCUT2D eigenvalue weighted by atomic mass is 10.4. The zero-order valence-electron chi connectivity index (χ0n) is 8.48. The second-order valence-electron chi connectivity index (χ2n) is 2.87. The molecule has 5 nitrogen and oxygen atoms in total. The summed E-state index contributed by atoms with van der Waals surface area (Å²) in [5.41, 5.74) is 0. The molecule has 0 bridgehead atoms. The second-order valence-corrected chi connectivity index (χ2v) is 2.87. The minimum Gasteiger partial charge on any atom is -0.465 e. The first-order valence-corrected chi connectivity index (χ1v) is 4.09. The van der Waals surface area contributed by atoms with Gasteiger partial charge in [-0.15, -0.1) is 0 Å².